The molecule has 1 aliphatic rings. The highest BCUT2D eigenvalue weighted by atomic mass is 16.2. The molecule has 0 spiro atoms. The SMILES string of the molecule is CCN(CC)c1ccc(CC(=O)Nc2ccc([C@H]3CCC[C@H](c4ccc(NC(=O)Cc5ccc(N(CC)CC)cc5)nn4)C3)nn2)cc1. The van der Waals surface area contributed by atoms with Crippen molar-refractivity contribution >= 4 is 34.8 Å². The Labute approximate surface area is 284 Å². The zero-order chi connectivity index (χ0) is 33.9. The topological polar surface area (TPSA) is 116 Å². The highest BCUT2D eigenvalue weighted by Crippen LogP contribution is 2.40. The van der Waals surface area contributed by atoms with Gasteiger partial charge in [0.15, 0.2) is 11.6 Å². The van der Waals surface area contributed by atoms with Gasteiger partial charge in [-0.15, -0.1) is 10.2 Å². The van der Waals surface area contributed by atoms with Crippen LogP contribution in [-0.2, 0) is 22.4 Å². The van der Waals surface area contributed by atoms with E-state index in [1.807, 2.05) is 48.5 Å². The smallest absolute Gasteiger partial charge is 0.229 e. The van der Waals surface area contributed by atoms with E-state index < -0.39 is 0 Å². The van der Waals surface area contributed by atoms with Crippen LogP contribution in [0.4, 0.5) is 23.0 Å². The van der Waals surface area contributed by atoms with Crippen LogP contribution in [0.5, 0.6) is 0 Å². The van der Waals surface area contributed by atoms with E-state index in [1.165, 1.54) is 0 Å². The number of amides is 2. The summed E-state index contributed by atoms with van der Waals surface area (Å²) in [5, 5.41) is 23.4. The number of hydrogen-bond acceptors (Lipinski definition) is 8. The summed E-state index contributed by atoms with van der Waals surface area (Å²) in [6.07, 6.45) is 4.56. The maximum atomic E-state index is 12.7. The first kappa shape index (κ1) is 34.5. The highest BCUT2D eigenvalue weighted by Gasteiger charge is 2.27. The minimum absolute atomic E-state index is 0.117. The zero-order valence-corrected chi connectivity index (χ0v) is 28.7. The molecule has 252 valence electrons. The van der Waals surface area contributed by atoms with Gasteiger partial charge >= 0.3 is 0 Å². The third-order valence-corrected chi connectivity index (χ3v) is 9.28. The molecule has 2 N–H and O–H groups in total. The predicted octanol–water partition coefficient (Wildman–Crippen LogP) is 6.76. The number of benzene rings is 2. The van der Waals surface area contributed by atoms with Gasteiger partial charge < -0.3 is 20.4 Å². The van der Waals surface area contributed by atoms with Gasteiger partial charge in [0.25, 0.3) is 0 Å². The Morgan fingerprint density at radius 3 is 1.31 bits per heavy atom. The van der Waals surface area contributed by atoms with E-state index in [9.17, 15) is 9.59 Å². The third kappa shape index (κ3) is 9.14. The van der Waals surface area contributed by atoms with Crippen molar-refractivity contribution in [3.63, 3.8) is 0 Å². The Kier molecular flexibility index (Phi) is 12.1. The molecule has 1 aliphatic carbocycles. The van der Waals surface area contributed by atoms with Crippen molar-refractivity contribution in [3.8, 4) is 0 Å². The maximum Gasteiger partial charge on any atom is 0.229 e. The van der Waals surface area contributed by atoms with Gasteiger partial charge in [0.1, 0.15) is 0 Å². The number of aromatic nitrogens is 4. The molecule has 0 aliphatic heterocycles. The van der Waals surface area contributed by atoms with Crippen LogP contribution in [0, 0.1) is 0 Å². The van der Waals surface area contributed by atoms with E-state index >= 15 is 0 Å². The van der Waals surface area contributed by atoms with Gasteiger partial charge in [-0.25, -0.2) is 0 Å². The molecule has 10 heteroatoms. The molecule has 1 fully saturated rings. The minimum Gasteiger partial charge on any atom is -0.372 e. The third-order valence-electron chi connectivity index (χ3n) is 9.28. The summed E-state index contributed by atoms with van der Waals surface area (Å²) < 4.78 is 0. The number of rotatable bonds is 14. The summed E-state index contributed by atoms with van der Waals surface area (Å²) in [5.74, 6) is 1.17. The fourth-order valence-electron chi connectivity index (χ4n) is 6.55. The number of carbonyl (C=O) groups is 2. The van der Waals surface area contributed by atoms with Crippen LogP contribution < -0.4 is 20.4 Å². The molecule has 0 radical (unpaired) electrons. The second-order valence-electron chi connectivity index (χ2n) is 12.4. The Morgan fingerprint density at radius 1 is 0.583 bits per heavy atom. The van der Waals surface area contributed by atoms with Gasteiger partial charge in [-0.05, 0) is 107 Å². The van der Waals surface area contributed by atoms with Crippen molar-refractivity contribution in [2.75, 3.05) is 46.6 Å². The van der Waals surface area contributed by atoms with Crippen LogP contribution in [0.1, 0.15) is 87.7 Å². The minimum atomic E-state index is -0.117. The second-order valence-corrected chi connectivity index (χ2v) is 12.4. The Bertz CT molecular complexity index is 1480. The molecular formula is C38H48N8O2. The van der Waals surface area contributed by atoms with Crippen LogP contribution in [0.3, 0.4) is 0 Å². The molecule has 0 saturated heterocycles. The summed E-state index contributed by atoms with van der Waals surface area (Å²) in [6, 6.07) is 23.9. The fourth-order valence-corrected chi connectivity index (χ4v) is 6.55. The Balaban J connectivity index is 1.10. The second kappa shape index (κ2) is 16.8. The summed E-state index contributed by atoms with van der Waals surface area (Å²) >= 11 is 0. The summed E-state index contributed by atoms with van der Waals surface area (Å²) in [7, 11) is 0. The van der Waals surface area contributed by atoms with Crippen molar-refractivity contribution in [2.45, 2.75) is 78.1 Å². The highest BCUT2D eigenvalue weighted by molar-refractivity contribution is 5.92. The molecule has 10 nitrogen and oxygen atoms in total. The summed E-state index contributed by atoms with van der Waals surface area (Å²) in [6.45, 7) is 12.3. The number of nitrogens with one attached hydrogen (secondary N) is 2. The van der Waals surface area contributed by atoms with Crippen molar-refractivity contribution in [1.82, 2.24) is 20.4 Å². The van der Waals surface area contributed by atoms with E-state index in [1.54, 1.807) is 0 Å². The van der Waals surface area contributed by atoms with Gasteiger partial charge in [-0.1, -0.05) is 30.7 Å². The lowest BCUT2D eigenvalue weighted by molar-refractivity contribution is -0.116. The Morgan fingerprint density at radius 2 is 0.979 bits per heavy atom. The molecule has 2 aromatic carbocycles. The lowest BCUT2D eigenvalue weighted by Crippen LogP contribution is -2.21. The van der Waals surface area contributed by atoms with Crippen LogP contribution in [-0.4, -0.2) is 58.4 Å². The molecule has 4 aromatic rings. The molecule has 1 saturated carbocycles. The van der Waals surface area contributed by atoms with Gasteiger partial charge in [-0.3, -0.25) is 9.59 Å². The molecule has 5 rings (SSSR count). The van der Waals surface area contributed by atoms with E-state index in [2.05, 4.69) is 92.8 Å². The van der Waals surface area contributed by atoms with Crippen molar-refractivity contribution in [1.29, 1.82) is 0 Å². The van der Waals surface area contributed by atoms with Crippen molar-refractivity contribution in [2.24, 2.45) is 0 Å². The number of carbonyl (C=O) groups excluding carboxylic acids is 2. The van der Waals surface area contributed by atoms with Crippen LogP contribution in [0.25, 0.3) is 0 Å². The molecule has 2 amide bonds. The number of nitrogens with zero attached hydrogens (tertiary/aromatic N) is 6. The van der Waals surface area contributed by atoms with Crippen LogP contribution >= 0.6 is 0 Å². The van der Waals surface area contributed by atoms with E-state index in [-0.39, 0.29) is 36.5 Å². The van der Waals surface area contributed by atoms with Crippen molar-refractivity contribution in [3.05, 3.63) is 95.3 Å². The zero-order valence-electron chi connectivity index (χ0n) is 28.7. The average Bonchev–Trinajstić information content (AvgIpc) is 3.11. The quantitative estimate of drug-likeness (QED) is 0.154. The van der Waals surface area contributed by atoms with Gasteiger partial charge in [0.2, 0.25) is 11.8 Å². The standard InChI is InChI=1S/C38H48N8O2/c1-5-45(6-2)31-16-12-27(13-17-31)24-37(47)39-35-22-20-33(41-43-35)29-10-9-11-30(26-29)34-21-23-36(44-42-34)40-38(48)25-28-14-18-32(19-15-28)46(7-3)8-4/h12-23,29-30H,5-11,24-26H2,1-4H3,(H,39,43,47)(H,40,44,48)/t29-,30-/m0/s1. The lowest BCUT2D eigenvalue weighted by atomic mass is 9.78. The monoisotopic (exact) mass is 648 g/mol. The van der Waals surface area contributed by atoms with Gasteiger partial charge in [0.05, 0.1) is 24.2 Å². The summed E-state index contributed by atoms with van der Waals surface area (Å²) in [5.41, 5.74) is 6.07. The molecule has 2 atom stereocenters. The van der Waals surface area contributed by atoms with Crippen molar-refractivity contribution < 1.29 is 9.59 Å². The molecule has 0 unspecified atom stereocenters. The van der Waals surface area contributed by atoms with Gasteiger partial charge in [0, 0.05) is 49.4 Å². The van der Waals surface area contributed by atoms with E-state index in [0.717, 1.165) is 85.8 Å². The number of anilines is 4. The Hall–Kier alpha value is -4.86. The average molecular weight is 649 g/mol. The first-order chi connectivity index (χ1) is 23.4. The lowest BCUT2D eigenvalue weighted by Gasteiger charge is -2.28. The molecular weight excluding hydrogens is 600 g/mol. The normalized spacial score (nSPS) is 15.8. The maximum absolute atomic E-state index is 12.7. The molecule has 2 heterocycles. The molecule has 0 bridgehead atoms. The number of hydrogen-bond donors (Lipinski definition) is 2. The largest absolute Gasteiger partial charge is 0.372 e. The van der Waals surface area contributed by atoms with Crippen LogP contribution in [0.15, 0.2) is 72.8 Å². The van der Waals surface area contributed by atoms with Gasteiger partial charge in [-0.2, -0.15) is 10.2 Å². The van der Waals surface area contributed by atoms with Crippen LogP contribution in [0.2, 0.25) is 0 Å². The predicted molar refractivity (Wildman–Crippen MR) is 193 cm³/mol. The molecule has 48 heavy (non-hydrogen) atoms. The van der Waals surface area contributed by atoms with E-state index in [4.69, 9.17) is 0 Å². The molecule has 2 aromatic heterocycles. The summed E-state index contributed by atoms with van der Waals surface area (Å²) in [4.78, 5) is 29.9. The first-order valence-electron chi connectivity index (χ1n) is 17.3. The fraction of sp³-hybridized carbons (Fsp3) is 0.421. The van der Waals surface area contributed by atoms with E-state index in [0.29, 0.717) is 11.6 Å². The first-order valence-corrected chi connectivity index (χ1v) is 17.3.